The second kappa shape index (κ2) is 5.98. The van der Waals surface area contributed by atoms with Crippen molar-refractivity contribution in [2.24, 2.45) is 0 Å². The van der Waals surface area contributed by atoms with Crippen LogP contribution in [-0.4, -0.2) is 23.0 Å². The largest absolute Gasteiger partial charge is 0.480 e. The molecule has 0 radical (unpaired) electrons. The van der Waals surface area contributed by atoms with Crippen molar-refractivity contribution in [2.75, 3.05) is 0 Å². The minimum Gasteiger partial charge on any atom is -0.480 e. The maximum absolute atomic E-state index is 12.9. The lowest BCUT2D eigenvalue weighted by Crippen LogP contribution is -2.40. The molecule has 1 aromatic carbocycles. The van der Waals surface area contributed by atoms with E-state index in [4.69, 9.17) is 5.11 Å². The molecular formula is C12H14FNO3. The average Bonchev–Trinajstić information content (AvgIpc) is 2.28. The zero-order chi connectivity index (χ0) is 12.8. The summed E-state index contributed by atoms with van der Waals surface area (Å²) in [5, 5.41) is 11.2. The van der Waals surface area contributed by atoms with E-state index in [0.29, 0.717) is 12.8 Å². The van der Waals surface area contributed by atoms with Gasteiger partial charge in [-0.15, -0.1) is 0 Å². The van der Waals surface area contributed by atoms with Crippen LogP contribution in [0.2, 0.25) is 0 Å². The lowest BCUT2D eigenvalue weighted by Gasteiger charge is -2.13. The molecule has 0 unspecified atom stereocenters. The number of carboxylic acids is 1. The van der Waals surface area contributed by atoms with Gasteiger partial charge in [0.1, 0.15) is 11.9 Å². The molecule has 0 aliphatic heterocycles. The van der Waals surface area contributed by atoms with Crippen LogP contribution in [0.1, 0.15) is 30.1 Å². The standard InChI is InChI=1S/C12H14FNO3/c1-2-4-10(12(16)17)14-11(15)8-5-3-6-9(13)7-8/h3,5-7,10H,2,4H2,1H3,(H,14,15)(H,16,17)/t10-/m1/s1. The summed E-state index contributed by atoms with van der Waals surface area (Å²) < 4.78 is 12.9. The van der Waals surface area contributed by atoms with Crippen molar-refractivity contribution in [3.63, 3.8) is 0 Å². The van der Waals surface area contributed by atoms with E-state index in [1.807, 2.05) is 6.92 Å². The first-order valence-electron chi connectivity index (χ1n) is 5.33. The van der Waals surface area contributed by atoms with E-state index in [0.717, 1.165) is 6.07 Å². The first-order chi connectivity index (χ1) is 8.04. The summed E-state index contributed by atoms with van der Waals surface area (Å²) in [4.78, 5) is 22.5. The van der Waals surface area contributed by atoms with Crippen LogP contribution in [0.5, 0.6) is 0 Å². The Labute approximate surface area is 98.5 Å². The monoisotopic (exact) mass is 239 g/mol. The fourth-order valence-electron chi connectivity index (χ4n) is 1.42. The zero-order valence-corrected chi connectivity index (χ0v) is 9.44. The van der Waals surface area contributed by atoms with E-state index in [1.165, 1.54) is 18.2 Å². The quantitative estimate of drug-likeness (QED) is 0.823. The first kappa shape index (κ1) is 13.2. The Kier molecular flexibility index (Phi) is 4.63. The van der Waals surface area contributed by atoms with Crippen molar-refractivity contribution < 1.29 is 19.1 Å². The summed E-state index contributed by atoms with van der Waals surface area (Å²) in [5.74, 6) is -2.19. The van der Waals surface area contributed by atoms with Crippen molar-refractivity contribution in [2.45, 2.75) is 25.8 Å². The molecule has 1 amide bonds. The summed E-state index contributed by atoms with van der Waals surface area (Å²) in [5.41, 5.74) is 0.118. The highest BCUT2D eigenvalue weighted by Gasteiger charge is 2.19. The topological polar surface area (TPSA) is 66.4 Å². The molecule has 0 spiro atoms. The van der Waals surface area contributed by atoms with Crippen LogP contribution in [0.4, 0.5) is 4.39 Å². The Balaban J connectivity index is 2.73. The second-order valence-corrected chi connectivity index (χ2v) is 3.66. The average molecular weight is 239 g/mol. The normalized spacial score (nSPS) is 11.9. The van der Waals surface area contributed by atoms with E-state index < -0.39 is 23.7 Å². The van der Waals surface area contributed by atoms with Crippen LogP contribution in [0.25, 0.3) is 0 Å². The number of hydrogen-bond acceptors (Lipinski definition) is 2. The number of halogens is 1. The van der Waals surface area contributed by atoms with E-state index in [2.05, 4.69) is 5.32 Å². The van der Waals surface area contributed by atoms with Crippen molar-refractivity contribution in [3.05, 3.63) is 35.6 Å². The van der Waals surface area contributed by atoms with Crippen LogP contribution in [-0.2, 0) is 4.79 Å². The van der Waals surface area contributed by atoms with Crippen molar-refractivity contribution >= 4 is 11.9 Å². The number of amides is 1. The number of hydrogen-bond donors (Lipinski definition) is 2. The minimum absolute atomic E-state index is 0.118. The molecule has 1 aromatic rings. The smallest absolute Gasteiger partial charge is 0.326 e. The molecule has 0 saturated carbocycles. The third kappa shape index (κ3) is 3.86. The van der Waals surface area contributed by atoms with Crippen molar-refractivity contribution in [1.82, 2.24) is 5.32 Å². The van der Waals surface area contributed by atoms with E-state index >= 15 is 0 Å². The van der Waals surface area contributed by atoms with Gasteiger partial charge in [-0.25, -0.2) is 9.18 Å². The highest BCUT2D eigenvalue weighted by atomic mass is 19.1. The number of rotatable bonds is 5. The summed E-state index contributed by atoms with van der Waals surface area (Å²) in [6.07, 6.45) is 0.983. The lowest BCUT2D eigenvalue weighted by atomic mass is 10.1. The van der Waals surface area contributed by atoms with Gasteiger partial charge in [-0.05, 0) is 24.6 Å². The van der Waals surface area contributed by atoms with Crippen LogP contribution in [0.3, 0.4) is 0 Å². The van der Waals surface area contributed by atoms with E-state index in [1.54, 1.807) is 0 Å². The summed E-state index contributed by atoms with van der Waals surface area (Å²) in [7, 11) is 0. The molecule has 0 aliphatic rings. The molecule has 4 nitrogen and oxygen atoms in total. The van der Waals surface area contributed by atoms with Gasteiger partial charge in [-0.1, -0.05) is 19.4 Å². The number of aliphatic carboxylic acids is 1. The predicted octanol–water partition coefficient (Wildman–Crippen LogP) is 1.81. The molecule has 0 bridgehead atoms. The van der Waals surface area contributed by atoms with Gasteiger partial charge in [0.15, 0.2) is 0 Å². The van der Waals surface area contributed by atoms with Crippen molar-refractivity contribution in [1.29, 1.82) is 0 Å². The van der Waals surface area contributed by atoms with Gasteiger partial charge in [-0.3, -0.25) is 4.79 Å². The molecule has 5 heteroatoms. The fraction of sp³-hybridized carbons (Fsp3) is 0.333. The molecule has 0 heterocycles. The minimum atomic E-state index is -1.09. The molecule has 1 atom stereocenters. The SMILES string of the molecule is CCC[C@@H](NC(=O)c1cccc(F)c1)C(=O)O. The zero-order valence-electron chi connectivity index (χ0n) is 9.44. The summed E-state index contributed by atoms with van der Waals surface area (Å²) in [6, 6.07) is 4.19. The van der Waals surface area contributed by atoms with Gasteiger partial charge in [0, 0.05) is 5.56 Å². The molecule has 1 rings (SSSR count). The van der Waals surface area contributed by atoms with Gasteiger partial charge in [0.25, 0.3) is 5.91 Å². The molecule has 0 fully saturated rings. The highest BCUT2D eigenvalue weighted by molar-refractivity contribution is 5.96. The van der Waals surface area contributed by atoms with Crippen LogP contribution in [0, 0.1) is 5.82 Å². The van der Waals surface area contributed by atoms with Crippen LogP contribution >= 0.6 is 0 Å². The van der Waals surface area contributed by atoms with Gasteiger partial charge in [0.2, 0.25) is 0 Å². The molecule has 17 heavy (non-hydrogen) atoms. The Hall–Kier alpha value is -1.91. The second-order valence-electron chi connectivity index (χ2n) is 3.66. The van der Waals surface area contributed by atoms with Gasteiger partial charge < -0.3 is 10.4 Å². The molecule has 2 N–H and O–H groups in total. The predicted molar refractivity (Wildman–Crippen MR) is 60.2 cm³/mol. The van der Waals surface area contributed by atoms with Crippen molar-refractivity contribution in [3.8, 4) is 0 Å². The maximum atomic E-state index is 12.9. The maximum Gasteiger partial charge on any atom is 0.326 e. The Morgan fingerprint density at radius 3 is 2.71 bits per heavy atom. The van der Waals surface area contributed by atoms with Crippen LogP contribution < -0.4 is 5.32 Å². The highest BCUT2D eigenvalue weighted by Crippen LogP contribution is 2.05. The van der Waals surface area contributed by atoms with Crippen LogP contribution in [0.15, 0.2) is 24.3 Å². The number of carbonyl (C=O) groups excluding carboxylic acids is 1. The first-order valence-corrected chi connectivity index (χ1v) is 5.33. The molecule has 0 saturated heterocycles. The number of carboxylic acid groups (broad SMARTS) is 1. The van der Waals surface area contributed by atoms with E-state index in [-0.39, 0.29) is 5.56 Å². The summed E-state index contributed by atoms with van der Waals surface area (Å²) in [6.45, 7) is 1.82. The number of nitrogens with one attached hydrogen (secondary N) is 1. The van der Waals surface area contributed by atoms with Gasteiger partial charge >= 0.3 is 5.97 Å². The van der Waals surface area contributed by atoms with Gasteiger partial charge in [-0.2, -0.15) is 0 Å². The Morgan fingerprint density at radius 2 is 2.18 bits per heavy atom. The van der Waals surface area contributed by atoms with E-state index in [9.17, 15) is 14.0 Å². The molecule has 0 aliphatic carbocycles. The molecule has 0 aromatic heterocycles. The summed E-state index contributed by atoms with van der Waals surface area (Å²) >= 11 is 0. The Morgan fingerprint density at radius 1 is 1.47 bits per heavy atom. The third-order valence-electron chi connectivity index (χ3n) is 2.27. The Bertz CT molecular complexity index is 420. The third-order valence-corrected chi connectivity index (χ3v) is 2.27. The van der Waals surface area contributed by atoms with Gasteiger partial charge in [0.05, 0.1) is 0 Å². The molecular weight excluding hydrogens is 225 g/mol. The molecule has 92 valence electrons. The number of carbonyl (C=O) groups is 2. The fourth-order valence-corrected chi connectivity index (χ4v) is 1.42. The number of benzene rings is 1. The lowest BCUT2D eigenvalue weighted by molar-refractivity contribution is -0.139.